The molecule has 0 atom stereocenters. The summed E-state index contributed by atoms with van der Waals surface area (Å²) in [6.45, 7) is 2.29. The van der Waals surface area contributed by atoms with Gasteiger partial charge < -0.3 is 0 Å². The molecule has 2 radical (unpaired) electrons. The van der Waals surface area contributed by atoms with E-state index < -0.39 is 0 Å². The first-order chi connectivity index (χ1) is 10.4. The van der Waals surface area contributed by atoms with Gasteiger partial charge in [-0.3, -0.25) is 0 Å². The zero-order valence-corrected chi connectivity index (χ0v) is 14.6. The molecule has 21 heavy (non-hydrogen) atoms. The third kappa shape index (κ3) is 19.5. The van der Waals surface area contributed by atoms with Gasteiger partial charge in [-0.2, -0.15) is 5.73 Å². The van der Waals surface area contributed by atoms with Crippen molar-refractivity contribution in [1.29, 1.82) is 0 Å². The minimum absolute atomic E-state index is 1.04. The van der Waals surface area contributed by atoms with E-state index in [1.54, 1.807) is 0 Å². The average molecular weight is 294 g/mol. The molecule has 0 heterocycles. The van der Waals surface area contributed by atoms with Crippen molar-refractivity contribution in [2.45, 2.75) is 116 Å². The summed E-state index contributed by atoms with van der Waals surface area (Å²) < 4.78 is 0. The lowest BCUT2D eigenvalue weighted by atomic mass is 10.0. The van der Waals surface area contributed by atoms with E-state index in [0.717, 1.165) is 6.42 Å². The van der Waals surface area contributed by atoms with Crippen molar-refractivity contribution in [1.82, 2.24) is 5.73 Å². The number of rotatable bonds is 17. The molecule has 124 valence electrons. The zero-order valence-electron chi connectivity index (χ0n) is 14.6. The molecule has 0 aliphatic rings. The van der Waals surface area contributed by atoms with Gasteiger partial charge in [0.1, 0.15) is 0 Å². The Bertz CT molecular complexity index is 198. The molecule has 1 nitrogen and oxygen atoms in total. The lowest BCUT2D eigenvalue weighted by Crippen LogP contribution is -1.83. The Labute approximate surface area is 134 Å². The predicted molar refractivity (Wildman–Crippen MR) is 95.4 cm³/mol. The van der Waals surface area contributed by atoms with Crippen LogP contribution >= 0.6 is 0 Å². The first-order valence-corrected chi connectivity index (χ1v) is 9.71. The second-order valence-electron chi connectivity index (χ2n) is 6.48. The number of unbranched alkanes of at least 4 members (excludes halogenated alkanes) is 16. The van der Waals surface area contributed by atoms with Gasteiger partial charge in [0.15, 0.2) is 0 Å². The second-order valence-corrected chi connectivity index (χ2v) is 6.48. The summed E-state index contributed by atoms with van der Waals surface area (Å²) in [5.74, 6) is 0. The highest BCUT2D eigenvalue weighted by Gasteiger charge is 1.94. The van der Waals surface area contributed by atoms with E-state index >= 15 is 0 Å². The first kappa shape index (κ1) is 20.5. The summed E-state index contributed by atoms with van der Waals surface area (Å²) in [6, 6.07) is 0. The van der Waals surface area contributed by atoms with Crippen molar-refractivity contribution in [3.05, 3.63) is 12.3 Å². The summed E-state index contributed by atoms with van der Waals surface area (Å²) in [5, 5.41) is 0. The lowest BCUT2D eigenvalue weighted by Gasteiger charge is -2.03. The van der Waals surface area contributed by atoms with Crippen LogP contribution in [0.2, 0.25) is 0 Å². The van der Waals surface area contributed by atoms with Crippen LogP contribution in [0, 0.1) is 0 Å². The van der Waals surface area contributed by atoms with Crippen molar-refractivity contribution in [2.24, 2.45) is 0 Å². The molecule has 0 spiro atoms. The molecule has 0 amide bonds. The van der Waals surface area contributed by atoms with E-state index in [9.17, 15) is 0 Å². The molecule has 0 bridgehead atoms. The standard InChI is InChI=1S/C20H39N/c1-2-3-4-5-6-7-8-9-10-11-12-13-14-15-16-17-18-19-20-21/h19-20H,2-18H2,1H3. The third-order valence-corrected chi connectivity index (χ3v) is 4.33. The molecule has 0 unspecified atom stereocenters. The van der Waals surface area contributed by atoms with Gasteiger partial charge in [-0.1, -0.05) is 109 Å². The Morgan fingerprint density at radius 2 is 0.857 bits per heavy atom. The van der Waals surface area contributed by atoms with Gasteiger partial charge in [-0.15, -0.1) is 0 Å². The molecular weight excluding hydrogens is 254 g/mol. The largest absolute Gasteiger partial charge is 0.160 e. The molecule has 0 aromatic carbocycles. The molecule has 0 fully saturated rings. The maximum atomic E-state index is 8.51. The highest BCUT2D eigenvalue weighted by molar-refractivity contribution is 4.74. The molecular formula is C20H39N. The van der Waals surface area contributed by atoms with Crippen LogP contribution in [-0.4, -0.2) is 0 Å². The summed E-state index contributed by atoms with van der Waals surface area (Å²) >= 11 is 0. The number of hydrogen-bond donors (Lipinski definition) is 0. The molecule has 0 rings (SSSR count). The number of nitrogens with zero attached hydrogens (tertiary/aromatic N) is 1. The van der Waals surface area contributed by atoms with Crippen LogP contribution in [0.1, 0.15) is 116 Å². The van der Waals surface area contributed by atoms with E-state index in [-0.39, 0.29) is 0 Å². The number of allylic oxidation sites excluding steroid dienone is 1. The maximum absolute atomic E-state index is 8.51. The molecule has 0 saturated carbocycles. The Hall–Kier alpha value is -0.460. The van der Waals surface area contributed by atoms with Crippen LogP contribution in [0.25, 0.3) is 0 Å². The van der Waals surface area contributed by atoms with Crippen LogP contribution in [0.5, 0.6) is 0 Å². The van der Waals surface area contributed by atoms with Crippen molar-refractivity contribution in [2.75, 3.05) is 0 Å². The summed E-state index contributed by atoms with van der Waals surface area (Å²) in [6.07, 6.45) is 26.7. The van der Waals surface area contributed by atoms with Crippen molar-refractivity contribution < 1.29 is 0 Å². The fourth-order valence-corrected chi connectivity index (χ4v) is 2.88. The van der Waals surface area contributed by atoms with E-state index in [2.05, 4.69) is 6.92 Å². The second kappa shape index (κ2) is 19.5. The van der Waals surface area contributed by atoms with Crippen LogP contribution in [0.4, 0.5) is 0 Å². The monoisotopic (exact) mass is 293 g/mol. The zero-order chi connectivity index (χ0) is 15.4. The molecule has 0 aromatic rings. The van der Waals surface area contributed by atoms with Crippen molar-refractivity contribution in [3.63, 3.8) is 0 Å². The highest BCUT2D eigenvalue weighted by Crippen LogP contribution is 2.13. The van der Waals surface area contributed by atoms with E-state index in [1.165, 1.54) is 109 Å². The van der Waals surface area contributed by atoms with Gasteiger partial charge in [-0.05, 0) is 12.8 Å². The Kier molecular flexibility index (Phi) is 19.1. The Morgan fingerprint density at radius 1 is 0.524 bits per heavy atom. The molecule has 0 saturated heterocycles. The van der Waals surface area contributed by atoms with Crippen molar-refractivity contribution >= 4 is 0 Å². The smallest absolute Gasteiger partial charge is 0.0455 e. The van der Waals surface area contributed by atoms with Gasteiger partial charge in [0.25, 0.3) is 0 Å². The first-order valence-electron chi connectivity index (χ1n) is 9.71. The Balaban J connectivity index is 2.93. The van der Waals surface area contributed by atoms with E-state index in [1.807, 2.05) is 6.08 Å². The van der Waals surface area contributed by atoms with Crippen LogP contribution < -0.4 is 5.73 Å². The summed E-state index contributed by atoms with van der Waals surface area (Å²) in [5.41, 5.74) is 8.51. The van der Waals surface area contributed by atoms with Crippen molar-refractivity contribution in [3.8, 4) is 0 Å². The minimum atomic E-state index is 1.04. The van der Waals surface area contributed by atoms with Crippen LogP contribution in [0.3, 0.4) is 0 Å². The predicted octanol–water partition coefficient (Wildman–Crippen LogP) is 7.22. The lowest BCUT2D eigenvalue weighted by molar-refractivity contribution is 0.530. The molecule has 0 aromatic heterocycles. The topological polar surface area (TPSA) is 22.3 Å². The van der Waals surface area contributed by atoms with Crippen LogP contribution in [0.15, 0.2) is 12.3 Å². The van der Waals surface area contributed by atoms with Gasteiger partial charge in [0.05, 0.1) is 0 Å². The quantitative estimate of drug-likeness (QED) is 0.253. The fraction of sp³-hybridized carbons (Fsp3) is 0.900. The SMILES string of the molecule is CCCCCCCCCCCCCCCCCCC=C[N]. The summed E-state index contributed by atoms with van der Waals surface area (Å²) in [4.78, 5) is 0. The highest BCUT2D eigenvalue weighted by atomic mass is 14.5. The summed E-state index contributed by atoms with van der Waals surface area (Å²) in [7, 11) is 0. The normalized spacial score (nSPS) is 11.5. The molecule has 0 aliphatic carbocycles. The minimum Gasteiger partial charge on any atom is -0.160 e. The Morgan fingerprint density at radius 3 is 1.19 bits per heavy atom. The number of hydrogen-bond acceptors (Lipinski definition) is 0. The molecule has 0 N–H and O–H groups in total. The van der Waals surface area contributed by atoms with Crippen LogP contribution in [-0.2, 0) is 0 Å². The van der Waals surface area contributed by atoms with Gasteiger partial charge in [-0.25, -0.2) is 0 Å². The fourth-order valence-electron chi connectivity index (χ4n) is 2.88. The van der Waals surface area contributed by atoms with Gasteiger partial charge in [0.2, 0.25) is 0 Å². The maximum Gasteiger partial charge on any atom is 0.0455 e. The average Bonchev–Trinajstić information content (AvgIpc) is 2.50. The third-order valence-electron chi connectivity index (χ3n) is 4.33. The molecule has 1 heteroatoms. The van der Waals surface area contributed by atoms with Gasteiger partial charge >= 0.3 is 0 Å². The van der Waals surface area contributed by atoms with E-state index in [4.69, 9.17) is 5.73 Å². The molecule has 0 aliphatic heterocycles. The van der Waals surface area contributed by atoms with E-state index in [0.29, 0.717) is 0 Å². The van der Waals surface area contributed by atoms with Gasteiger partial charge in [0, 0.05) is 6.20 Å².